The van der Waals surface area contributed by atoms with E-state index in [2.05, 4.69) is 20.7 Å². The van der Waals surface area contributed by atoms with Crippen LogP contribution in [0.3, 0.4) is 0 Å². The van der Waals surface area contributed by atoms with E-state index in [1.165, 1.54) is 18.2 Å². The molecule has 0 aromatic heterocycles. The summed E-state index contributed by atoms with van der Waals surface area (Å²) < 4.78 is 40.4. The van der Waals surface area contributed by atoms with Crippen LogP contribution in [0.1, 0.15) is 5.56 Å². The van der Waals surface area contributed by atoms with Gasteiger partial charge in [-0.2, -0.15) is 0 Å². The standard InChI is InChI=1S/C13H10BrClFNO2S/c1-8-2-5-13(10(14)6-8)20(18,19)17-9-3-4-12(16)11(15)7-9/h2-7,17H,1H3. The fourth-order valence-electron chi connectivity index (χ4n) is 1.59. The summed E-state index contributed by atoms with van der Waals surface area (Å²) in [5, 5.41) is -0.145. The van der Waals surface area contributed by atoms with Gasteiger partial charge in [-0.05, 0) is 58.7 Å². The van der Waals surface area contributed by atoms with Crippen LogP contribution in [-0.2, 0) is 10.0 Å². The molecule has 2 aromatic carbocycles. The molecule has 0 aliphatic heterocycles. The van der Waals surface area contributed by atoms with E-state index in [9.17, 15) is 12.8 Å². The first-order chi connectivity index (χ1) is 9.29. The van der Waals surface area contributed by atoms with E-state index in [1.807, 2.05) is 6.92 Å². The number of rotatable bonds is 3. The maximum atomic E-state index is 13.0. The number of benzene rings is 2. The lowest BCUT2D eigenvalue weighted by molar-refractivity contribution is 0.600. The Hall–Kier alpha value is -1.11. The topological polar surface area (TPSA) is 46.2 Å². The largest absolute Gasteiger partial charge is 0.280 e. The van der Waals surface area contributed by atoms with E-state index in [0.717, 1.165) is 11.6 Å². The minimum absolute atomic E-state index is 0.101. The number of halogens is 3. The second kappa shape index (κ2) is 5.71. The van der Waals surface area contributed by atoms with Gasteiger partial charge in [-0.1, -0.05) is 17.7 Å². The number of sulfonamides is 1. The number of hydrogen-bond acceptors (Lipinski definition) is 2. The van der Waals surface area contributed by atoms with Gasteiger partial charge in [0.2, 0.25) is 0 Å². The highest BCUT2D eigenvalue weighted by molar-refractivity contribution is 9.10. The van der Waals surface area contributed by atoms with E-state index in [0.29, 0.717) is 4.47 Å². The van der Waals surface area contributed by atoms with Gasteiger partial charge in [-0.25, -0.2) is 12.8 Å². The molecule has 3 nitrogen and oxygen atoms in total. The maximum absolute atomic E-state index is 13.0. The van der Waals surface area contributed by atoms with Crippen LogP contribution in [-0.4, -0.2) is 8.42 Å². The number of hydrogen-bond donors (Lipinski definition) is 1. The summed E-state index contributed by atoms with van der Waals surface area (Å²) in [7, 11) is -3.77. The van der Waals surface area contributed by atoms with Gasteiger partial charge in [-0.3, -0.25) is 4.72 Å². The summed E-state index contributed by atoms with van der Waals surface area (Å²) in [4.78, 5) is 0.101. The van der Waals surface area contributed by atoms with Gasteiger partial charge < -0.3 is 0 Å². The lowest BCUT2D eigenvalue weighted by Crippen LogP contribution is -2.13. The van der Waals surface area contributed by atoms with E-state index >= 15 is 0 Å². The molecule has 0 spiro atoms. The Balaban J connectivity index is 2.38. The average Bonchev–Trinajstić information content (AvgIpc) is 2.33. The van der Waals surface area contributed by atoms with Crippen LogP contribution in [0.25, 0.3) is 0 Å². The van der Waals surface area contributed by atoms with Gasteiger partial charge in [-0.15, -0.1) is 0 Å². The summed E-state index contributed by atoms with van der Waals surface area (Å²) in [5.74, 6) is -0.605. The predicted molar refractivity (Wildman–Crippen MR) is 81.1 cm³/mol. The van der Waals surface area contributed by atoms with Gasteiger partial charge in [0.25, 0.3) is 10.0 Å². The molecule has 0 fully saturated rings. The molecule has 2 aromatic rings. The number of nitrogens with one attached hydrogen (secondary N) is 1. The summed E-state index contributed by atoms with van der Waals surface area (Å²) in [5.41, 5.74) is 1.13. The average molecular weight is 379 g/mol. The molecule has 0 unspecified atom stereocenters. The lowest BCUT2D eigenvalue weighted by Gasteiger charge is -2.10. The zero-order chi connectivity index (χ0) is 14.9. The fraction of sp³-hybridized carbons (Fsp3) is 0.0769. The van der Waals surface area contributed by atoms with Crippen molar-refractivity contribution in [2.24, 2.45) is 0 Å². The third-order valence-corrected chi connectivity index (χ3v) is 5.20. The molecule has 0 saturated heterocycles. The first kappa shape index (κ1) is 15.3. The van der Waals surface area contributed by atoms with E-state index in [4.69, 9.17) is 11.6 Å². The summed E-state index contributed by atoms with van der Waals surface area (Å²) in [6.07, 6.45) is 0. The molecule has 0 radical (unpaired) electrons. The van der Waals surface area contributed by atoms with Gasteiger partial charge in [0.05, 0.1) is 10.7 Å². The highest BCUT2D eigenvalue weighted by Gasteiger charge is 2.18. The molecular formula is C13H10BrClFNO2S. The summed E-state index contributed by atoms with van der Waals surface area (Å²) >= 11 is 8.84. The Labute approximate surface area is 130 Å². The molecule has 0 amide bonds. The molecular weight excluding hydrogens is 369 g/mol. The van der Waals surface area contributed by atoms with E-state index < -0.39 is 15.8 Å². The van der Waals surface area contributed by atoms with Crippen LogP contribution in [0.5, 0.6) is 0 Å². The molecule has 2 rings (SSSR count). The van der Waals surface area contributed by atoms with Crippen molar-refractivity contribution in [3.05, 3.63) is 57.3 Å². The van der Waals surface area contributed by atoms with Gasteiger partial charge in [0.1, 0.15) is 10.7 Å². The SMILES string of the molecule is Cc1ccc(S(=O)(=O)Nc2ccc(F)c(Cl)c2)c(Br)c1. The fourth-order valence-corrected chi connectivity index (χ4v) is 4.02. The first-order valence-electron chi connectivity index (χ1n) is 5.53. The molecule has 0 aliphatic rings. The smallest absolute Gasteiger partial charge is 0.263 e. The minimum atomic E-state index is -3.77. The van der Waals surface area contributed by atoms with Crippen molar-refractivity contribution >= 4 is 43.2 Å². The van der Waals surface area contributed by atoms with Crippen molar-refractivity contribution in [1.29, 1.82) is 0 Å². The van der Waals surface area contributed by atoms with Crippen molar-refractivity contribution in [3.63, 3.8) is 0 Å². The minimum Gasteiger partial charge on any atom is -0.280 e. The van der Waals surface area contributed by atoms with E-state index in [-0.39, 0.29) is 15.6 Å². The van der Waals surface area contributed by atoms with E-state index in [1.54, 1.807) is 12.1 Å². The quantitative estimate of drug-likeness (QED) is 0.863. The second-order valence-electron chi connectivity index (χ2n) is 4.17. The highest BCUT2D eigenvalue weighted by Crippen LogP contribution is 2.26. The Bertz CT molecular complexity index is 765. The predicted octanol–water partition coefficient (Wildman–Crippen LogP) is 4.35. The Kier molecular flexibility index (Phi) is 4.36. The number of aryl methyl sites for hydroxylation is 1. The van der Waals surface area contributed by atoms with Crippen LogP contribution in [0.15, 0.2) is 45.8 Å². The Morgan fingerprint density at radius 1 is 1.20 bits per heavy atom. The van der Waals surface area contributed by atoms with Crippen molar-refractivity contribution in [2.45, 2.75) is 11.8 Å². The third-order valence-electron chi connectivity index (χ3n) is 2.55. The molecule has 106 valence electrons. The Morgan fingerprint density at radius 2 is 1.90 bits per heavy atom. The van der Waals surface area contributed by atoms with Crippen LogP contribution < -0.4 is 4.72 Å². The molecule has 0 heterocycles. The van der Waals surface area contributed by atoms with Crippen LogP contribution in [0, 0.1) is 12.7 Å². The number of anilines is 1. The zero-order valence-electron chi connectivity index (χ0n) is 10.3. The van der Waals surface area contributed by atoms with Gasteiger partial charge >= 0.3 is 0 Å². The molecule has 0 aliphatic carbocycles. The third kappa shape index (κ3) is 3.31. The first-order valence-corrected chi connectivity index (χ1v) is 8.19. The highest BCUT2D eigenvalue weighted by atomic mass is 79.9. The van der Waals surface area contributed by atoms with Crippen molar-refractivity contribution in [1.82, 2.24) is 0 Å². The molecule has 7 heteroatoms. The Morgan fingerprint density at radius 3 is 2.50 bits per heavy atom. The van der Waals surface area contributed by atoms with Crippen LogP contribution in [0.2, 0.25) is 5.02 Å². The van der Waals surface area contributed by atoms with Gasteiger partial charge in [0, 0.05) is 4.47 Å². The normalized spacial score (nSPS) is 11.4. The molecule has 0 bridgehead atoms. The summed E-state index contributed by atoms with van der Waals surface area (Å²) in [6, 6.07) is 8.51. The molecule has 1 N–H and O–H groups in total. The van der Waals surface area contributed by atoms with Crippen molar-refractivity contribution in [2.75, 3.05) is 4.72 Å². The zero-order valence-corrected chi connectivity index (χ0v) is 13.5. The summed E-state index contributed by atoms with van der Waals surface area (Å²) in [6.45, 7) is 1.86. The molecule has 20 heavy (non-hydrogen) atoms. The van der Waals surface area contributed by atoms with Gasteiger partial charge in [0.15, 0.2) is 0 Å². The van der Waals surface area contributed by atoms with Crippen LogP contribution in [0.4, 0.5) is 10.1 Å². The lowest BCUT2D eigenvalue weighted by atomic mass is 10.2. The molecule has 0 saturated carbocycles. The van der Waals surface area contributed by atoms with Crippen molar-refractivity contribution < 1.29 is 12.8 Å². The maximum Gasteiger partial charge on any atom is 0.263 e. The second-order valence-corrected chi connectivity index (χ2v) is 7.08. The molecule has 0 atom stereocenters. The van der Waals surface area contributed by atoms with Crippen LogP contribution >= 0.6 is 27.5 Å². The van der Waals surface area contributed by atoms with Crippen molar-refractivity contribution in [3.8, 4) is 0 Å². The monoisotopic (exact) mass is 377 g/mol.